The van der Waals surface area contributed by atoms with Gasteiger partial charge in [0.2, 0.25) is 0 Å². The zero-order valence-corrected chi connectivity index (χ0v) is 12.2. The predicted molar refractivity (Wildman–Crippen MR) is 76.7 cm³/mol. The van der Waals surface area contributed by atoms with Gasteiger partial charge in [0.1, 0.15) is 0 Å². The summed E-state index contributed by atoms with van der Waals surface area (Å²) in [6.07, 6.45) is 8.24. The predicted octanol–water partition coefficient (Wildman–Crippen LogP) is 1.05. The first kappa shape index (κ1) is 17.6. The summed E-state index contributed by atoms with van der Waals surface area (Å²) in [6.45, 7) is 0.676. The lowest BCUT2D eigenvalue weighted by molar-refractivity contribution is -0.139. The molecule has 7 nitrogen and oxygen atoms in total. The molecule has 0 bridgehead atoms. The van der Waals surface area contributed by atoms with Gasteiger partial charge in [0.15, 0.2) is 0 Å². The molecule has 0 aromatic carbocycles. The first-order chi connectivity index (χ1) is 10.5. The standard InChI is InChI=1S/C15H19NO6/c17-12-6-7-13(18)16(12)10-4-2-1-3-5-11-22-15(21)9-8-14(19)20/h6-9H,1-5,10-11H2,(H,19,20)/b9-8-. The Bertz CT molecular complexity index is 476. The molecule has 0 saturated carbocycles. The molecule has 1 rings (SSSR count). The minimum absolute atomic E-state index is 0.246. The monoisotopic (exact) mass is 309 g/mol. The largest absolute Gasteiger partial charge is 0.478 e. The molecule has 7 heteroatoms. The van der Waals surface area contributed by atoms with Gasteiger partial charge >= 0.3 is 11.9 Å². The van der Waals surface area contributed by atoms with Crippen molar-refractivity contribution in [1.29, 1.82) is 0 Å². The van der Waals surface area contributed by atoms with Crippen LogP contribution in [0.3, 0.4) is 0 Å². The van der Waals surface area contributed by atoms with Crippen LogP contribution in [-0.2, 0) is 23.9 Å². The lowest BCUT2D eigenvalue weighted by Crippen LogP contribution is -2.30. The number of ether oxygens (including phenoxy) is 1. The van der Waals surface area contributed by atoms with Gasteiger partial charge in [0.05, 0.1) is 6.61 Å². The third-order valence-electron chi connectivity index (χ3n) is 3.03. The topological polar surface area (TPSA) is 101 Å². The fourth-order valence-corrected chi connectivity index (χ4v) is 1.91. The SMILES string of the molecule is O=C(O)/C=C\C(=O)OCCCCCCCN1C(=O)C=CC1=O. The van der Waals surface area contributed by atoms with Crippen molar-refractivity contribution >= 4 is 23.8 Å². The summed E-state index contributed by atoms with van der Waals surface area (Å²) in [6, 6.07) is 0. The second kappa shape index (κ2) is 9.49. The highest BCUT2D eigenvalue weighted by Crippen LogP contribution is 2.08. The van der Waals surface area contributed by atoms with E-state index in [1.807, 2.05) is 0 Å². The summed E-state index contributed by atoms with van der Waals surface area (Å²) in [7, 11) is 0. The van der Waals surface area contributed by atoms with Crippen LogP contribution in [0.15, 0.2) is 24.3 Å². The average Bonchev–Trinajstić information content (AvgIpc) is 2.79. The van der Waals surface area contributed by atoms with Crippen LogP contribution < -0.4 is 0 Å². The van der Waals surface area contributed by atoms with E-state index in [0.29, 0.717) is 13.0 Å². The number of amides is 2. The molecule has 1 aliphatic heterocycles. The van der Waals surface area contributed by atoms with Crippen molar-refractivity contribution in [3.63, 3.8) is 0 Å². The Hall–Kier alpha value is -2.44. The summed E-state index contributed by atoms with van der Waals surface area (Å²) in [5.41, 5.74) is 0. The number of aliphatic carboxylic acids is 1. The Kier molecular flexibility index (Phi) is 7.60. The van der Waals surface area contributed by atoms with Gasteiger partial charge in [-0.05, 0) is 12.8 Å². The van der Waals surface area contributed by atoms with Crippen LogP contribution in [-0.4, -0.2) is 46.9 Å². The molecule has 0 atom stereocenters. The quantitative estimate of drug-likeness (QED) is 0.280. The molecule has 2 amide bonds. The van der Waals surface area contributed by atoms with E-state index in [9.17, 15) is 19.2 Å². The minimum Gasteiger partial charge on any atom is -0.478 e. The van der Waals surface area contributed by atoms with Crippen LogP contribution >= 0.6 is 0 Å². The van der Waals surface area contributed by atoms with Crippen LogP contribution in [0, 0.1) is 0 Å². The van der Waals surface area contributed by atoms with Crippen molar-refractivity contribution < 1.29 is 29.0 Å². The van der Waals surface area contributed by atoms with Crippen molar-refractivity contribution in [2.45, 2.75) is 32.1 Å². The molecule has 0 fully saturated rings. The molecule has 1 heterocycles. The lowest BCUT2D eigenvalue weighted by atomic mass is 10.1. The summed E-state index contributed by atoms with van der Waals surface area (Å²) in [5, 5.41) is 8.32. The Balaban J connectivity index is 1.96. The van der Waals surface area contributed by atoms with Crippen LogP contribution in [0.4, 0.5) is 0 Å². The van der Waals surface area contributed by atoms with Crippen molar-refractivity contribution in [2.75, 3.05) is 13.2 Å². The molecule has 120 valence electrons. The normalized spacial score (nSPS) is 14.1. The molecule has 1 N–H and O–H groups in total. The van der Waals surface area contributed by atoms with E-state index >= 15 is 0 Å². The third-order valence-corrected chi connectivity index (χ3v) is 3.03. The van der Waals surface area contributed by atoms with Crippen LogP contribution in [0.1, 0.15) is 32.1 Å². The van der Waals surface area contributed by atoms with Crippen molar-refractivity contribution in [2.24, 2.45) is 0 Å². The molecule has 0 spiro atoms. The number of carbonyl (C=O) groups excluding carboxylic acids is 3. The van der Waals surface area contributed by atoms with Gasteiger partial charge in [0.25, 0.3) is 11.8 Å². The summed E-state index contributed by atoms with van der Waals surface area (Å²) in [4.78, 5) is 45.0. The fourth-order valence-electron chi connectivity index (χ4n) is 1.91. The van der Waals surface area contributed by atoms with E-state index < -0.39 is 11.9 Å². The maximum absolute atomic E-state index is 11.3. The van der Waals surface area contributed by atoms with E-state index in [-0.39, 0.29) is 18.4 Å². The molecular weight excluding hydrogens is 290 g/mol. The maximum Gasteiger partial charge on any atom is 0.331 e. The Morgan fingerprint density at radius 1 is 1.00 bits per heavy atom. The highest BCUT2D eigenvalue weighted by molar-refractivity contribution is 6.12. The smallest absolute Gasteiger partial charge is 0.331 e. The molecule has 0 saturated heterocycles. The van der Waals surface area contributed by atoms with Gasteiger partial charge < -0.3 is 9.84 Å². The Labute approximate surface area is 128 Å². The van der Waals surface area contributed by atoms with Crippen LogP contribution in [0.5, 0.6) is 0 Å². The number of imide groups is 1. The van der Waals surface area contributed by atoms with Gasteiger partial charge in [-0.25, -0.2) is 9.59 Å². The van der Waals surface area contributed by atoms with E-state index in [1.54, 1.807) is 0 Å². The molecule has 22 heavy (non-hydrogen) atoms. The number of hydrogen-bond donors (Lipinski definition) is 1. The Morgan fingerprint density at radius 3 is 2.23 bits per heavy atom. The maximum atomic E-state index is 11.3. The number of esters is 1. The number of carboxylic acids is 1. The summed E-state index contributed by atoms with van der Waals surface area (Å²) >= 11 is 0. The fraction of sp³-hybridized carbons (Fsp3) is 0.467. The molecule has 0 unspecified atom stereocenters. The minimum atomic E-state index is -1.19. The van der Waals surface area contributed by atoms with Crippen molar-refractivity contribution in [1.82, 2.24) is 4.90 Å². The Morgan fingerprint density at radius 2 is 1.59 bits per heavy atom. The molecule has 0 aromatic heterocycles. The third kappa shape index (κ3) is 6.83. The number of carboxylic acid groups (broad SMARTS) is 1. The highest BCUT2D eigenvalue weighted by Gasteiger charge is 2.21. The molecular formula is C15H19NO6. The number of unbranched alkanes of at least 4 members (excludes halogenated alkanes) is 4. The molecule has 1 aliphatic rings. The van der Waals surface area contributed by atoms with Gasteiger partial charge in [-0.2, -0.15) is 0 Å². The van der Waals surface area contributed by atoms with Crippen LogP contribution in [0.2, 0.25) is 0 Å². The summed E-state index contributed by atoms with van der Waals surface area (Å²) in [5.74, 6) is -2.37. The zero-order valence-electron chi connectivity index (χ0n) is 12.2. The van der Waals surface area contributed by atoms with Gasteiger partial charge in [-0.3, -0.25) is 14.5 Å². The second-order valence-electron chi connectivity index (χ2n) is 4.77. The number of rotatable bonds is 10. The number of nitrogens with zero attached hydrogens (tertiary/aromatic N) is 1. The molecule has 0 aromatic rings. The zero-order chi connectivity index (χ0) is 16.4. The highest BCUT2D eigenvalue weighted by atomic mass is 16.5. The average molecular weight is 309 g/mol. The lowest BCUT2D eigenvalue weighted by Gasteiger charge is -2.12. The summed E-state index contributed by atoms with van der Waals surface area (Å²) < 4.78 is 4.81. The van der Waals surface area contributed by atoms with E-state index in [0.717, 1.165) is 37.8 Å². The van der Waals surface area contributed by atoms with E-state index in [1.165, 1.54) is 17.1 Å². The first-order valence-electron chi connectivity index (χ1n) is 7.12. The first-order valence-corrected chi connectivity index (χ1v) is 7.12. The van der Waals surface area contributed by atoms with E-state index in [2.05, 4.69) is 0 Å². The van der Waals surface area contributed by atoms with Gasteiger partial charge in [-0.1, -0.05) is 19.3 Å². The van der Waals surface area contributed by atoms with Gasteiger partial charge in [0, 0.05) is 30.8 Å². The van der Waals surface area contributed by atoms with Crippen molar-refractivity contribution in [3.8, 4) is 0 Å². The molecule has 0 aliphatic carbocycles. The second-order valence-corrected chi connectivity index (χ2v) is 4.77. The number of hydrogen-bond acceptors (Lipinski definition) is 5. The van der Waals surface area contributed by atoms with Gasteiger partial charge in [-0.15, -0.1) is 0 Å². The van der Waals surface area contributed by atoms with E-state index in [4.69, 9.17) is 9.84 Å². The number of carbonyl (C=O) groups is 4. The van der Waals surface area contributed by atoms with Crippen LogP contribution in [0.25, 0.3) is 0 Å². The van der Waals surface area contributed by atoms with Crippen molar-refractivity contribution in [3.05, 3.63) is 24.3 Å². The molecule has 0 radical (unpaired) electrons.